The molecule has 2 aromatic rings. The Morgan fingerprint density at radius 3 is 2.56 bits per heavy atom. The van der Waals surface area contributed by atoms with Gasteiger partial charge in [-0.25, -0.2) is 0 Å². The number of carbonyl (C=O) groups is 1. The molecule has 1 aromatic heterocycles. The van der Waals surface area contributed by atoms with Gasteiger partial charge in [-0.15, -0.1) is 0 Å². The third-order valence-electron chi connectivity index (χ3n) is 2.57. The number of nitrogens with two attached hydrogens (primary N) is 1. The lowest BCUT2D eigenvalue weighted by Crippen LogP contribution is -2.13. The largest absolute Gasteiger partial charge is 0.324 e. The number of aromatic nitrogens is 1. The van der Waals surface area contributed by atoms with Crippen molar-refractivity contribution in [1.82, 2.24) is 4.98 Å². The van der Waals surface area contributed by atoms with Crippen LogP contribution in [0.25, 0.3) is 0 Å². The Morgan fingerprint density at radius 1 is 1.22 bits per heavy atom. The van der Waals surface area contributed by atoms with Gasteiger partial charge in [-0.1, -0.05) is 0 Å². The van der Waals surface area contributed by atoms with Crippen LogP contribution in [0.1, 0.15) is 16.1 Å². The van der Waals surface area contributed by atoms with Crippen LogP contribution in [-0.4, -0.2) is 10.9 Å². The zero-order valence-electron chi connectivity index (χ0n) is 9.97. The fourth-order valence-corrected chi connectivity index (χ4v) is 1.53. The minimum Gasteiger partial charge on any atom is -0.324 e. The molecule has 0 aliphatic heterocycles. The van der Waals surface area contributed by atoms with E-state index in [1.165, 1.54) is 0 Å². The summed E-state index contributed by atoms with van der Waals surface area (Å²) in [5, 5.41) is 2.81. The number of rotatable bonds is 3. The Bertz CT molecular complexity index is 551. The number of carbonyl (C=O) groups excluding carboxylic acids is 1. The average molecular weight is 242 g/mol. The third kappa shape index (κ3) is 2.64. The van der Waals surface area contributed by atoms with Crippen molar-refractivity contribution in [3.63, 3.8) is 0 Å². The molecule has 0 radical (unpaired) electrons. The predicted molar refractivity (Wildman–Crippen MR) is 71.2 cm³/mol. The number of anilines is 2. The zero-order valence-corrected chi connectivity index (χ0v) is 9.97. The van der Waals surface area contributed by atoms with Crippen LogP contribution in [0.4, 0.5) is 11.4 Å². The van der Waals surface area contributed by atoms with Gasteiger partial charge in [0, 0.05) is 17.4 Å². The van der Waals surface area contributed by atoms with Gasteiger partial charge in [0.25, 0.3) is 5.91 Å². The van der Waals surface area contributed by atoms with Crippen molar-refractivity contribution in [1.29, 1.82) is 0 Å². The average Bonchev–Trinajstić information content (AvgIpc) is 2.41. The molecule has 5 heteroatoms. The lowest BCUT2D eigenvalue weighted by molar-refractivity contribution is 0.102. The molecule has 0 fully saturated rings. The molecule has 18 heavy (non-hydrogen) atoms. The maximum Gasteiger partial charge on any atom is 0.255 e. The number of nitrogens with one attached hydrogen (secondary N) is 2. The SMILES string of the molecule is Cc1ncccc1NC(=O)c1ccc(NN)cc1. The van der Waals surface area contributed by atoms with E-state index < -0.39 is 0 Å². The van der Waals surface area contributed by atoms with Crippen LogP contribution in [0.5, 0.6) is 0 Å². The minimum atomic E-state index is -0.172. The summed E-state index contributed by atoms with van der Waals surface area (Å²) in [4.78, 5) is 16.1. The van der Waals surface area contributed by atoms with Gasteiger partial charge in [0.1, 0.15) is 0 Å². The quantitative estimate of drug-likeness (QED) is 0.567. The Hall–Kier alpha value is -2.40. The first-order valence-electron chi connectivity index (χ1n) is 5.50. The Labute approximate surface area is 105 Å². The first-order valence-corrected chi connectivity index (χ1v) is 5.50. The van der Waals surface area contributed by atoms with E-state index in [0.717, 1.165) is 11.4 Å². The van der Waals surface area contributed by atoms with E-state index >= 15 is 0 Å². The number of benzene rings is 1. The number of pyridine rings is 1. The lowest BCUT2D eigenvalue weighted by atomic mass is 10.2. The molecule has 1 amide bonds. The summed E-state index contributed by atoms with van der Waals surface area (Å²) in [7, 11) is 0. The number of hydrogen-bond donors (Lipinski definition) is 3. The van der Waals surface area contributed by atoms with Gasteiger partial charge in [-0.2, -0.15) is 0 Å². The molecule has 0 aliphatic carbocycles. The van der Waals surface area contributed by atoms with Gasteiger partial charge in [-0.3, -0.25) is 15.6 Å². The molecule has 92 valence electrons. The standard InChI is InChI=1S/C13H14N4O/c1-9-12(3-2-8-15-9)16-13(18)10-4-6-11(17-14)7-5-10/h2-8,17H,14H2,1H3,(H,16,18). The van der Waals surface area contributed by atoms with Gasteiger partial charge in [0.05, 0.1) is 11.4 Å². The molecule has 0 saturated carbocycles. The summed E-state index contributed by atoms with van der Waals surface area (Å²) in [6.45, 7) is 1.84. The van der Waals surface area contributed by atoms with Crippen molar-refractivity contribution >= 4 is 17.3 Å². The second-order valence-electron chi connectivity index (χ2n) is 3.81. The number of amides is 1. The highest BCUT2D eigenvalue weighted by molar-refractivity contribution is 6.04. The van der Waals surface area contributed by atoms with Gasteiger partial charge >= 0.3 is 0 Å². The maximum absolute atomic E-state index is 12.0. The van der Waals surface area contributed by atoms with Crippen molar-refractivity contribution in [2.24, 2.45) is 5.84 Å². The van der Waals surface area contributed by atoms with E-state index in [-0.39, 0.29) is 5.91 Å². The number of aryl methyl sites for hydroxylation is 1. The topological polar surface area (TPSA) is 80.0 Å². The molecule has 0 bridgehead atoms. The molecule has 0 atom stereocenters. The molecule has 0 aliphatic rings. The van der Waals surface area contributed by atoms with Crippen LogP contribution in [0.15, 0.2) is 42.6 Å². The van der Waals surface area contributed by atoms with Crippen molar-refractivity contribution in [3.8, 4) is 0 Å². The van der Waals surface area contributed by atoms with E-state index in [1.807, 2.05) is 13.0 Å². The summed E-state index contributed by atoms with van der Waals surface area (Å²) < 4.78 is 0. The fraction of sp³-hybridized carbons (Fsp3) is 0.0769. The first-order chi connectivity index (χ1) is 8.70. The maximum atomic E-state index is 12.0. The van der Waals surface area contributed by atoms with Crippen LogP contribution in [0, 0.1) is 6.92 Å². The van der Waals surface area contributed by atoms with E-state index in [2.05, 4.69) is 15.7 Å². The van der Waals surface area contributed by atoms with Crippen molar-refractivity contribution in [3.05, 3.63) is 53.9 Å². The normalized spacial score (nSPS) is 9.89. The monoisotopic (exact) mass is 242 g/mol. The first kappa shape index (κ1) is 12.1. The number of nitrogen functional groups attached to an aromatic ring is 1. The number of hydrogen-bond acceptors (Lipinski definition) is 4. The highest BCUT2D eigenvalue weighted by Crippen LogP contribution is 2.13. The van der Waals surface area contributed by atoms with Crippen LogP contribution >= 0.6 is 0 Å². The molecule has 0 saturated heterocycles. The van der Waals surface area contributed by atoms with E-state index in [1.54, 1.807) is 36.5 Å². The lowest BCUT2D eigenvalue weighted by Gasteiger charge is -2.07. The second-order valence-corrected chi connectivity index (χ2v) is 3.81. The highest BCUT2D eigenvalue weighted by Gasteiger charge is 2.07. The van der Waals surface area contributed by atoms with Crippen LogP contribution in [0.3, 0.4) is 0 Å². The number of nitrogens with zero attached hydrogens (tertiary/aromatic N) is 1. The number of hydrazine groups is 1. The molecular weight excluding hydrogens is 228 g/mol. The second kappa shape index (κ2) is 5.29. The fourth-order valence-electron chi connectivity index (χ4n) is 1.53. The van der Waals surface area contributed by atoms with E-state index in [0.29, 0.717) is 11.3 Å². The van der Waals surface area contributed by atoms with Crippen LogP contribution in [0.2, 0.25) is 0 Å². The van der Waals surface area contributed by atoms with Gasteiger partial charge in [0.15, 0.2) is 0 Å². The smallest absolute Gasteiger partial charge is 0.255 e. The Kier molecular flexibility index (Phi) is 3.54. The van der Waals surface area contributed by atoms with E-state index in [9.17, 15) is 4.79 Å². The zero-order chi connectivity index (χ0) is 13.0. The molecule has 4 N–H and O–H groups in total. The molecule has 2 rings (SSSR count). The van der Waals surface area contributed by atoms with Gasteiger partial charge in [-0.05, 0) is 43.3 Å². The van der Waals surface area contributed by atoms with Crippen LogP contribution < -0.4 is 16.6 Å². The molecular formula is C13H14N4O. The summed E-state index contributed by atoms with van der Waals surface area (Å²) >= 11 is 0. The summed E-state index contributed by atoms with van der Waals surface area (Å²) in [5.74, 6) is 5.09. The molecule has 0 spiro atoms. The Balaban J connectivity index is 2.14. The predicted octanol–water partition coefficient (Wildman–Crippen LogP) is 1.93. The Morgan fingerprint density at radius 2 is 1.94 bits per heavy atom. The minimum absolute atomic E-state index is 0.172. The molecule has 5 nitrogen and oxygen atoms in total. The van der Waals surface area contributed by atoms with E-state index in [4.69, 9.17) is 5.84 Å². The van der Waals surface area contributed by atoms with Crippen molar-refractivity contribution in [2.45, 2.75) is 6.92 Å². The highest BCUT2D eigenvalue weighted by atomic mass is 16.1. The van der Waals surface area contributed by atoms with Crippen LogP contribution in [-0.2, 0) is 0 Å². The molecule has 1 aromatic carbocycles. The summed E-state index contributed by atoms with van der Waals surface area (Å²) in [6, 6.07) is 10.5. The third-order valence-corrected chi connectivity index (χ3v) is 2.57. The van der Waals surface area contributed by atoms with Gasteiger partial charge < -0.3 is 10.7 Å². The van der Waals surface area contributed by atoms with Gasteiger partial charge in [0.2, 0.25) is 0 Å². The summed E-state index contributed by atoms with van der Waals surface area (Å²) in [6.07, 6.45) is 1.69. The summed E-state index contributed by atoms with van der Waals surface area (Å²) in [5.41, 5.74) is 5.33. The molecule has 0 unspecified atom stereocenters. The van der Waals surface area contributed by atoms with Crippen molar-refractivity contribution < 1.29 is 4.79 Å². The molecule has 1 heterocycles. The van der Waals surface area contributed by atoms with Crippen molar-refractivity contribution in [2.75, 3.05) is 10.7 Å².